The van der Waals surface area contributed by atoms with Crippen LogP contribution in [0.1, 0.15) is 23.7 Å². The van der Waals surface area contributed by atoms with Crippen molar-refractivity contribution < 1.29 is 18.3 Å². The third kappa shape index (κ3) is 5.06. The van der Waals surface area contributed by atoms with E-state index in [0.717, 1.165) is 16.8 Å². The zero-order valence-electron chi connectivity index (χ0n) is 19.2. The maximum Gasteiger partial charge on any atom is 0.213 e. The number of aromatic nitrogens is 3. The molecule has 178 valence electrons. The van der Waals surface area contributed by atoms with Crippen molar-refractivity contribution in [2.24, 2.45) is 0 Å². The normalized spacial score (nSPS) is 12.8. The molecule has 5 rings (SSSR count). The Morgan fingerprint density at radius 2 is 1.83 bits per heavy atom. The van der Waals surface area contributed by atoms with E-state index in [-0.39, 0.29) is 12.4 Å². The Bertz CT molecular complexity index is 1330. The Balaban J connectivity index is 1.34. The third-order valence-electron chi connectivity index (χ3n) is 5.76. The van der Waals surface area contributed by atoms with Gasteiger partial charge in [-0.3, -0.25) is 0 Å². The van der Waals surface area contributed by atoms with E-state index in [1.165, 1.54) is 6.07 Å². The molecule has 0 N–H and O–H groups in total. The molecular weight excluding hydrogens is 450 g/mol. The number of fused-ring (bicyclic) bond motifs is 1. The van der Waals surface area contributed by atoms with Gasteiger partial charge in [0.2, 0.25) is 11.7 Å². The first-order valence-electron chi connectivity index (χ1n) is 11.5. The van der Waals surface area contributed by atoms with Crippen LogP contribution in [0.3, 0.4) is 0 Å². The van der Waals surface area contributed by atoms with Crippen LogP contribution in [0.5, 0.6) is 11.6 Å². The minimum Gasteiger partial charge on any atom is -0.486 e. The highest BCUT2D eigenvalue weighted by Gasteiger charge is 2.22. The molecule has 0 amide bonds. The van der Waals surface area contributed by atoms with Gasteiger partial charge in [-0.15, -0.1) is 0 Å². The van der Waals surface area contributed by atoms with Crippen LogP contribution in [0.15, 0.2) is 66.9 Å². The lowest BCUT2D eigenvalue weighted by atomic mass is 10.1. The fourth-order valence-corrected chi connectivity index (χ4v) is 4.00. The standard InChI is InChI=1S/C27H24F2N4O2/c1-2-34-25-10-6-9-23(31-25)27-30-15-19-16-33(12-11-22(19)32-27)20-13-21(28)26(29)24(14-20)35-17-18-7-4-3-5-8-18/h3-10,13-15H,2,11-12,16-17H2,1H3. The van der Waals surface area contributed by atoms with E-state index < -0.39 is 11.6 Å². The van der Waals surface area contributed by atoms with E-state index in [1.807, 2.05) is 54.3 Å². The van der Waals surface area contributed by atoms with Crippen LogP contribution in [0.2, 0.25) is 0 Å². The molecule has 0 radical (unpaired) electrons. The van der Waals surface area contributed by atoms with Gasteiger partial charge in [-0.1, -0.05) is 36.4 Å². The molecule has 0 saturated carbocycles. The lowest BCUT2D eigenvalue weighted by Gasteiger charge is -2.30. The van der Waals surface area contributed by atoms with Gasteiger partial charge in [-0.05, 0) is 18.6 Å². The van der Waals surface area contributed by atoms with E-state index >= 15 is 0 Å². The molecule has 0 spiro atoms. The molecule has 35 heavy (non-hydrogen) atoms. The number of nitrogens with zero attached hydrogens (tertiary/aromatic N) is 4. The molecular formula is C27H24F2N4O2. The first-order valence-corrected chi connectivity index (χ1v) is 11.5. The monoisotopic (exact) mass is 474 g/mol. The summed E-state index contributed by atoms with van der Waals surface area (Å²) in [4.78, 5) is 15.6. The molecule has 3 heterocycles. The lowest BCUT2D eigenvalue weighted by Crippen LogP contribution is -2.31. The molecule has 2 aromatic heterocycles. The van der Waals surface area contributed by atoms with Crippen molar-refractivity contribution in [3.63, 3.8) is 0 Å². The number of hydrogen-bond donors (Lipinski definition) is 0. The van der Waals surface area contributed by atoms with Crippen molar-refractivity contribution in [3.8, 4) is 23.1 Å². The van der Waals surface area contributed by atoms with Crippen molar-refractivity contribution >= 4 is 5.69 Å². The molecule has 2 aromatic carbocycles. The highest BCUT2D eigenvalue weighted by atomic mass is 19.2. The van der Waals surface area contributed by atoms with Crippen LogP contribution >= 0.6 is 0 Å². The van der Waals surface area contributed by atoms with Crippen molar-refractivity contribution in [3.05, 3.63) is 95.3 Å². The SMILES string of the molecule is CCOc1cccc(-c2ncc3c(n2)CCN(c2cc(F)c(F)c(OCc4ccccc4)c2)C3)n1. The van der Waals surface area contributed by atoms with Crippen LogP contribution in [0, 0.1) is 11.6 Å². The van der Waals surface area contributed by atoms with Gasteiger partial charge in [0.1, 0.15) is 12.3 Å². The number of hydrogen-bond acceptors (Lipinski definition) is 6. The number of pyridine rings is 1. The van der Waals surface area contributed by atoms with E-state index in [0.29, 0.717) is 49.2 Å². The van der Waals surface area contributed by atoms with Gasteiger partial charge in [0.25, 0.3) is 0 Å². The zero-order valence-corrected chi connectivity index (χ0v) is 19.2. The molecule has 0 atom stereocenters. The molecule has 6 nitrogen and oxygen atoms in total. The van der Waals surface area contributed by atoms with Crippen molar-refractivity contribution in [2.75, 3.05) is 18.1 Å². The summed E-state index contributed by atoms with van der Waals surface area (Å²) in [6.45, 7) is 3.66. The summed E-state index contributed by atoms with van der Waals surface area (Å²) in [5, 5.41) is 0. The topological polar surface area (TPSA) is 60.4 Å². The Morgan fingerprint density at radius 3 is 2.66 bits per heavy atom. The van der Waals surface area contributed by atoms with Crippen LogP contribution in [0.4, 0.5) is 14.5 Å². The largest absolute Gasteiger partial charge is 0.486 e. The number of anilines is 1. The quantitative estimate of drug-likeness (QED) is 0.360. The molecule has 0 unspecified atom stereocenters. The second kappa shape index (κ2) is 10.0. The molecule has 0 fully saturated rings. The number of ether oxygens (including phenoxy) is 2. The van der Waals surface area contributed by atoms with Crippen molar-refractivity contribution in [1.29, 1.82) is 0 Å². The van der Waals surface area contributed by atoms with Crippen molar-refractivity contribution in [1.82, 2.24) is 15.0 Å². The number of benzene rings is 2. The minimum atomic E-state index is -0.989. The predicted octanol–water partition coefficient (Wildman–Crippen LogP) is 5.36. The number of halogens is 2. The summed E-state index contributed by atoms with van der Waals surface area (Å²) in [5.41, 5.74) is 3.91. The average Bonchev–Trinajstić information content (AvgIpc) is 2.90. The van der Waals surface area contributed by atoms with Gasteiger partial charge >= 0.3 is 0 Å². The fourth-order valence-electron chi connectivity index (χ4n) is 4.00. The number of rotatable bonds is 7. The third-order valence-corrected chi connectivity index (χ3v) is 5.76. The Kier molecular flexibility index (Phi) is 6.52. The van der Waals surface area contributed by atoms with Gasteiger partial charge in [0.15, 0.2) is 17.4 Å². The maximum absolute atomic E-state index is 14.4. The van der Waals surface area contributed by atoms with E-state index in [2.05, 4.69) is 9.97 Å². The second-order valence-electron chi connectivity index (χ2n) is 8.15. The summed E-state index contributed by atoms with van der Waals surface area (Å²) in [5.74, 6) is -0.981. The molecule has 1 aliphatic rings. The van der Waals surface area contributed by atoms with Gasteiger partial charge in [0.05, 0.1) is 12.3 Å². The molecule has 4 aromatic rings. The van der Waals surface area contributed by atoms with Crippen LogP contribution in [0.25, 0.3) is 11.5 Å². The minimum absolute atomic E-state index is 0.110. The molecule has 0 bridgehead atoms. The molecule has 0 aliphatic carbocycles. The predicted molar refractivity (Wildman–Crippen MR) is 128 cm³/mol. The molecule has 0 saturated heterocycles. The highest BCUT2D eigenvalue weighted by molar-refractivity contribution is 5.55. The summed E-state index contributed by atoms with van der Waals surface area (Å²) < 4.78 is 39.9. The summed E-state index contributed by atoms with van der Waals surface area (Å²) in [7, 11) is 0. The maximum atomic E-state index is 14.4. The summed E-state index contributed by atoms with van der Waals surface area (Å²) in [6.07, 6.45) is 2.40. The van der Waals surface area contributed by atoms with Crippen LogP contribution in [-0.2, 0) is 19.6 Å². The van der Waals surface area contributed by atoms with Crippen LogP contribution < -0.4 is 14.4 Å². The zero-order chi connectivity index (χ0) is 24.2. The van der Waals surface area contributed by atoms with Gasteiger partial charge < -0.3 is 14.4 Å². The first-order chi connectivity index (χ1) is 17.1. The van der Waals surface area contributed by atoms with E-state index in [4.69, 9.17) is 14.5 Å². The smallest absolute Gasteiger partial charge is 0.213 e. The summed E-state index contributed by atoms with van der Waals surface area (Å²) >= 11 is 0. The molecule has 1 aliphatic heterocycles. The fraction of sp³-hybridized carbons (Fsp3) is 0.222. The lowest BCUT2D eigenvalue weighted by molar-refractivity contribution is 0.284. The van der Waals surface area contributed by atoms with E-state index in [9.17, 15) is 8.78 Å². The summed E-state index contributed by atoms with van der Waals surface area (Å²) in [6, 6.07) is 17.6. The highest BCUT2D eigenvalue weighted by Crippen LogP contribution is 2.31. The Morgan fingerprint density at radius 1 is 0.971 bits per heavy atom. The Hall–Kier alpha value is -4.07. The van der Waals surface area contributed by atoms with Crippen molar-refractivity contribution in [2.45, 2.75) is 26.5 Å². The molecule has 8 heteroatoms. The van der Waals surface area contributed by atoms with Gasteiger partial charge in [-0.2, -0.15) is 4.39 Å². The Labute approximate surface area is 202 Å². The first kappa shape index (κ1) is 22.7. The van der Waals surface area contributed by atoms with Gasteiger partial charge in [0, 0.05) is 55.2 Å². The van der Waals surface area contributed by atoms with Gasteiger partial charge in [-0.25, -0.2) is 19.3 Å². The van der Waals surface area contributed by atoms with E-state index in [1.54, 1.807) is 18.3 Å². The second-order valence-corrected chi connectivity index (χ2v) is 8.15. The average molecular weight is 475 g/mol. The van der Waals surface area contributed by atoms with Crippen LogP contribution in [-0.4, -0.2) is 28.1 Å².